The fourth-order valence-corrected chi connectivity index (χ4v) is 2.62. The van der Waals surface area contributed by atoms with Crippen molar-refractivity contribution in [3.8, 4) is 0 Å². The minimum Gasteiger partial charge on any atom is -0.476 e. The van der Waals surface area contributed by atoms with E-state index in [0.29, 0.717) is 12.1 Å². The molecule has 7 nitrogen and oxygen atoms in total. The molecule has 114 valence electrons. The number of rotatable bonds is 7. The number of aromatic nitrogens is 3. The predicted octanol–water partition coefficient (Wildman–Crippen LogP) is 0.998. The van der Waals surface area contributed by atoms with Gasteiger partial charge in [-0.3, -0.25) is 0 Å². The molecule has 0 amide bonds. The second-order valence-electron chi connectivity index (χ2n) is 5.43. The van der Waals surface area contributed by atoms with Crippen LogP contribution in [0.2, 0.25) is 0 Å². The summed E-state index contributed by atoms with van der Waals surface area (Å²) in [6.07, 6.45) is 0.496. The molecule has 0 aliphatic rings. The van der Waals surface area contributed by atoms with E-state index < -0.39 is 21.1 Å². The molecule has 8 heteroatoms. The van der Waals surface area contributed by atoms with Crippen molar-refractivity contribution in [3.63, 3.8) is 0 Å². The lowest BCUT2D eigenvalue weighted by molar-refractivity contribution is 0.0689. The zero-order valence-corrected chi connectivity index (χ0v) is 13.0. The highest BCUT2D eigenvalue weighted by Crippen LogP contribution is 2.13. The highest BCUT2D eigenvalue weighted by Gasteiger charge is 2.22. The zero-order valence-electron chi connectivity index (χ0n) is 12.2. The average molecular weight is 303 g/mol. The van der Waals surface area contributed by atoms with Gasteiger partial charge in [0.05, 0.1) is 23.2 Å². The number of carboxylic acid groups (broad SMARTS) is 1. The normalized spacial score (nSPS) is 12.3. The molecule has 0 radical (unpaired) electrons. The standard InChI is InChI=1S/C12H21N3O4S/c1-8(2)7-10-11(12(16)17)13-14-15(10)5-6-20(18,19)9(3)4/h8-9H,5-7H2,1-4H3,(H,16,17). The molecule has 1 N–H and O–H groups in total. The second-order valence-corrected chi connectivity index (χ2v) is 8.10. The van der Waals surface area contributed by atoms with Crippen LogP contribution in [0.5, 0.6) is 0 Å². The third-order valence-electron chi connectivity index (χ3n) is 2.95. The molecule has 0 atom stereocenters. The Hall–Kier alpha value is -1.44. The van der Waals surface area contributed by atoms with Crippen molar-refractivity contribution in [1.29, 1.82) is 0 Å². The largest absolute Gasteiger partial charge is 0.476 e. The van der Waals surface area contributed by atoms with Crippen molar-refractivity contribution in [3.05, 3.63) is 11.4 Å². The van der Waals surface area contributed by atoms with Gasteiger partial charge in [0.15, 0.2) is 15.5 Å². The molecule has 0 aromatic carbocycles. The maximum absolute atomic E-state index is 11.8. The number of nitrogens with zero attached hydrogens (tertiary/aromatic N) is 3. The molecule has 0 aliphatic carbocycles. The molecule has 0 spiro atoms. The van der Waals surface area contributed by atoms with E-state index in [1.54, 1.807) is 13.8 Å². The van der Waals surface area contributed by atoms with Crippen molar-refractivity contribution < 1.29 is 18.3 Å². The molecule has 0 saturated heterocycles. The van der Waals surface area contributed by atoms with Crippen LogP contribution in [0.1, 0.15) is 43.9 Å². The zero-order chi connectivity index (χ0) is 15.5. The summed E-state index contributed by atoms with van der Waals surface area (Å²) in [5, 5.41) is 16.0. The van der Waals surface area contributed by atoms with Gasteiger partial charge in [-0.05, 0) is 26.2 Å². The lowest BCUT2D eigenvalue weighted by Crippen LogP contribution is -2.23. The van der Waals surface area contributed by atoms with Gasteiger partial charge in [0.1, 0.15) is 0 Å². The number of aryl methyl sites for hydroxylation is 1. The molecule has 1 aromatic heterocycles. The van der Waals surface area contributed by atoms with Crippen LogP contribution in [0.3, 0.4) is 0 Å². The molecule has 0 saturated carbocycles. The second kappa shape index (κ2) is 6.34. The van der Waals surface area contributed by atoms with E-state index in [1.807, 2.05) is 13.8 Å². The number of hydrogen-bond acceptors (Lipinski definition) is 5. The molecular formula is C12H21N3O4S. The van der Waals surface area contributed by atoms with Gasteiger partial charge < -0.3 is 5.11 Å². The maximum atomic E-state index is 11.8. The summed E-state index contributed by atoms with van der Waals surface area (Å²) in [6, 6.07) is 0. The SMILES string of the molecule is CC(C)Cc1c(C(=O)O)nnn1CCS(=O)(=O)C(C)C. The molecule has 0 fully saturated rings. The van der Waals surface area contributed by atoms with Crippen molar-refractivity contribution in [1.82, 2.24) is 15.0 Å². The van der Waals surface area contributed by atoms with Crippen LogP contribution in [-0.2, 0) is 22.8 Å². The molecule has 1 rings (SSSR count). The molecule has 1 aromatic rings. The highest BCUT2D eigenvalue weighted by atomic mass is 32.2. The molecular weight excluding hydrogens is 282 g/mol. The van der Waals surface area contributed by atoms with Gasteiger partial charge in [0, 0.05) is 0 Å². The predicted molar refractivity (Wildman–Crippen MR) is 74.4 cm³/mol. The first-order valence-corrected chi connectivity index (χ1v) is 8.24. The first kappa shape index (κ1) is 16.6. The minimum atomic E-state index is -3.19. The van der Waals surface area contributed by atoms with Gasteiger partial charge in [-0.1, -0.05) is 19.1 Å². The van der Waals surface area contributed by atoms with Crippen LogP contribution in [0.25, 0.3) is 0 Å². The Bertz CT molecular complexity index is 576. The lowest BCUT2D eigenvalue weighted by atomic mass is 10.1. The van der Waals surface area contributed by atoms with E-state index in [0.717, 1.165) is 0 Å². The fourth-order valence-electron chi connectivity index (χ4n) is 1.72. The Morgan fingerprint density at radius 1 is 1.30 bits per heavy atom. The Labute approximate surface area is 118 Å². The molecule has 1 heterocycles. The van der Waals surface area contributed by atoms with Crippen LogP contribution in [0, 0.1) is 5.92 Å². The number of aromatic carboxylic acids is 1. The molecule has 0 aliphatic heterocycles. The van der Waals surface area contributed by atoms with Crippen molar-refractivity contribution in [2.24, 2.45) is 5.92 Å². The topological polar surface area (TPSA) is 102 Å². The average Bonchev–Trinajstić information content (AvgIpc) is 2.68. The number of carbonyl (C=O) groups is 1. The molecule has 0 unspecified atom stereocenters. The van der Waals surface area contributed by atoms with E-state index in [2.05, 4.69) is 10.3 Å². The van der Waals surface area contributed by atoms with Gasteiger partial charge in [0.25, 0.3) is 0 Å². The van der Waals surface area contributed by atoms with Crippen LogP contribution in [-0.4, -0.2) is 45.5 Å². The maximum Gasteiger partial charge on any atom is 0.358 e. The molecule has 0 bridgehead atoms. The Kier molecular flexibility index (Phi) is 5.27. The first-order valence-electron chi connectivity index (χ1n) is 6.52. The van der Waals surface area contributed by atoms with Gasteiger partial charge in [-0.2, -0.15) is 0 Å². The summed E-state index contributed by atoms with van der Waals surface area (Å²) < 4.78 is 25.0. The number of hydrogen-bond donors (Lipinski definition) is 1. The van der Waals surface area contributed by atoms with Gasteiger partial charge in [-0.15, -0.1) is 5.10 Å². The summed E-state index contributed by atoms with van der Waals surface area (Å²) >= 11 is 0. The summed E-state index contributed by atoms with van der Waals surface area (Å²) in [7, 11) is -3.19. The van der Waals surface area contributed by atoms with E-state index in [1.165, 1.54) is 4.68 Å². The fraction of sp³-hybridized carbons (Fsp3) is 0.750. The van der Waals surface area contributed by atoms with Crippen molar-refractivity contribution in [2.75, 3.05) is 5.75 Å². The van der Waals surface area contributed by atoms with Crippen LogP contribution >= 0.6 is 0 Å². The summed E-state index contributed by atoms with van der Waals surface area (Å²) in [6.45, 7) is 7.27. The highest BCUT2D eigenvalue weighted by molar-refractivity contribution is 7.91. The van der Waals surface area contributed by atoms with Crippen molar-refractivity contribution in [2.45, 2.75) is 45.9 Å². The number of sulfone groups is 1. The van der Waals surface area contributed by atoms with Crippen LogP contribution in [0.15, 0.2) is 0 Å². The van der Waals surface area contributed by atoms with E-state index in [9.17, 15) is 13.2 Å². The third-order valence-corrected chi connectivity index (χ3v) is 5.14. The Balaban J connectivity index is 2.98. The Morgan fingerprint density at radius 2 is 1.90 bits per heavy atom. The van der Waals surface area contributed by atoms with Gasteiger partial charge in [0.2, 0.25) is 0 Å². The summed E-state index contributed by atoms with van der Waals surface area (Å²) in [5.41, 5.74) is 0.382. The smallest absolute Gasteiger partial charge is 0.358 e. The first-order chi connectivity index (χ1) is 9.15. The van der Waals surface area contributed by atoms with Crippen molar-refractivity contribution >= 4 is 15.8 Å². The van der Waals surface area contributed by atoms with Crippen LogP contribution in [0.4, 0.5) is 0 Å². The summed E-state index contributed by atoms with van der Waals surface area (Å²) in [5.74, 6) is -0.983. The quantitative estimate of drug-likeness (QED) is 0.806. The van der Waals surface area contributed by atoms with E-state index in [-0.39, 0.29) is 23.9 Å². The monoisotopic (exact) mass is 303 g/mol. The van der Waals surface area contributed by atoms with E-state index >= 15 is 0 Å². The third kappa shape index (κ3) is 4.03. The van der Waals surface area contributed by atoms with Crippen LogP contribution < -0.4 is 0 Å². The van der Waals surface area contributed by atoms with E-state index in [4.69, 9.17) is 5.11 Å². The van der Waals surface area contributed by atoms with Gasteiger partial charge in [-0.25, -0.2) is 17.9 Å². The summed E-state index contributed by atoms with van der Waals surface area (Å²) in [4.78, 5) is 11.1. The van der Waals surface area contributed by atoms with Gasteiger partial charge >= 0.3 is 5.97 Å². The Morgan fingerprint density at radius 3 is 2.35 bits per heavy atom. The molecule has 20 heavy (non-hydrogen) atoms. The minimum absolute atomic E-state index is 0.0712. The number of carboxylic acids is 1. The lowest BCUT2D eigenvalue weighted by Gasteiger charge is -2.11.